The lowest BCUT2D eigenvalue weighted by Crippen LogP contribution is -2.26. The van der Waals surface area contributed by atoms with E-state index in [1.54, 1.807) is 0 Å². The van der Waals surface area contributed by atoms with Crippen LogP contribution in [0.4, 0.5) is 0 Å². The molecule has 1 rings (SSSR count). The molecule has 0 aliphatic rings. The number of aromatic nitrogens is 2. The van der Waals surface area contributed by atoms with Gasteiger partial charge < -0.3 is 0 Å². The van der Waals surface area contributed by atoms with Crippen LogP contribution in [0.3, 0.4) is 0 Å². The third-order valence-corrected chi connectivity index (χ3v) is 3.59. The fourth-order valence-electron chi connectivity index (χ4n) is 1.01. The lowest BCUT2D eigenvalue weighted by Gasteiger charge is -2.05. The highest BCUT2D eigenvalue weighted by Crippen LogP contribution is 2.19. The summed E-state index contributed by atoms with van der Waals surface area (Å²) in [6.07, 6.45) is 1.36. The van der Waals surface area contributed by atoms with Crippen LogP contribution in [0.5, 0.6) is 0 Å². The molecular weight excluding hydrogens is 240 g/mol. The van der Waals surface area contributed by atoms with E-state index in [2.05, 4.69) is 9.82 Å². The molecule has 82 valence electrons. The second-order valence-electron chi connectivity index (χ2n) is 2.73. The predicted octanol–water partition coefficient (Wildman–Crippen LogP) is 0.265. The minimum atomic E-state index is -3.68. The number of rotatable bonds is 4. The van der Waals surface area contributed by atoms with Gasteiger partial charge in [0.2, 0.25) is 0 Å². The van der Waals surface area contributed by atoms with Gasteiger partial charge in [-0.15, -0.1) is 0 Å². The van der Waals surface area contributed by atoms with Crippen LogP contribution >= 0.6 is 11.6 Å². The maximum Gasteiger partial charge on any atom is 0.259 e. The van der Waals surface area contributed by atoms with E-state index in [1.807, 2.05) is 6.07 Å². The van der Waals surface area contributed by atoms with E-state index in [4.69, 9.17) is 16.9 Å². The van der Waals surface area contributed by atoms with Gasteiger partial charge in [-0.05, 0) is 0 Å². The lowest BCUT2D eigenvalue weighted by molar-refractivity contribution is 0.564. The van der Waals surface area contributed by atoms with Crippen molar-refractivity contribution in [3.05, 3.63) is 11.2 Å². The molecule has 0 bridgehead atoms. The Hall–Kier alpha value is -1.10. The zero-order chi connectivity index (χ0) is 11.5. The molecule has 0 aliphatic heterocycles. The van der Waals surface area contributed by atoms with Gasteiger partial charge in [0.05, 0.1) is 17.3 Å². The van der Waals surface area contributed by atoms with Gasteiger partial charge in [0, 0.05) is 20.0 Å². The van der Waals surface area contributed by atoms with Crippen molar-refractivity contribution < 1.29 is 8.42 Å². The highest BCUT2D eigenvalue weighted by atomic mass is 35.5. The average molecular weight is 249 g/mol. The molecule has 0 radical (unpaired) electrons. The average Bonchev–Trinajstić information content (AvgIpc) is 2.46. The van der Waals surface area contributed by atoms with Crippen LogP contribution in [0.1, 0.15) is 6.42 Å². The zero-order valence-electron chi connectivity index (χ0n) is 7.94. The Morgan fingerprint density at radius 2 is 2.40 bits per heavy atom. The van der Waals surface area contributed by atoms with Gasteiger partial charge in [-0.25, -0.2) is 13.1 Å². The van der Waals surface area contributed by atoms with E-state index in [-0.39, 0.29) is 23.0 Å². The van der Waals surface area contributed by atoms with Gasteiger partial charge >= 0.3 is 0 Å². The number of aryl methyl sites for hydroxylation is 1. The molecule has 0 fully saturated rings. The summed E-state index contributed by atoms with van der Waals surface area (Å²) in [6, 6.07) is 1.83. The van der Waals surface area contributed by atoms with Crippen LogP contribution in [0.15, 0.2) is 11.2 Å². The topological polar surface area (TPSA) is 87.8 Å². The smallest absolute Gasteiger partial charge is 0.255 e. The van der Waals surface area contributed by atoms with Crippen LogP contribution in [0, 0.1) is 11.3 Å². The first-order chi connectivity index (χ1) is 6.99. The Morgan fingerprint density at radius 1 is 1.73 bits per heavy atom. The molecule has 1 aromatic heterocycles. The Bertz CT molecular complexity index is 468. The highest BCUT2D eigenvalue weighted by molar-refractivity contribution is 7.89. The summed E-state index contributed by atoms with van der Waals surface area (Å²) < 4.78 is 26.7. The maximum absolute atomic E-state index is 11.6. The second-order valence-corrected chi connectivity index (χ2v) is 4.82. The fraction of sp³-hybridized carbons (Fsp3) is 0.429. The van der Waals surface area contributed by atoms with Gasteiger partial charge in [-0.3, -0.25) is 4.68 Å². The molecule has 15 heavy (non-hydrogen) atoms. The molecule has 0 aliphatic carbocycles. The molecule has 0 saturated carbocycles. The summed E-state index contributed by atoms with van der Waals surface area (Å²) in [7, 11) is -2.21. The Labute approximate surface area is 92.5 Å². The number of nitrogens with one attached hydrogen (secondary N) is 1. The normalized spacial score (nSPS) is 11.3. The number of halogens is 1. The summed E-state index contributed by atoms with van der Waals surface area (Å²) in [5, 5.41) is 11.9. The molecule has 0 spiro atoms. The van der Waals surface area contributed by atoms with Crippen molar-refractivity contribution in [2.45, 2.75) is 11.4 Å². The number of hydrogen-bond donors (Lipinski definition) is 1. The zero-order valence-corrected chi connectivity index (χ0v) is 9.51. The first-order valence-corrected chi connectivity index (χ1v) is 5.89. The van der Waals surface area contributed by atoms with Gasteiger partial charge in [-0.2, -0.15) is 10.4 Å². The number of hydrogen-bond acceptors (Lipinski definition) is 4. The molecular formula is C7H9ClN4O2S. The third-order valence-electron chi connectivity index (χ3n) is 1.63. The second kappa shape index (κ2) is 4.61. The quantitative estimate of drug-likeness (QED) is 0.775. The summed E-state index contributed by atoms with van der Waals surface area (Å²) >= 11 is 5.67. The van der Waals surface area contributed by atoms with Crippen LogP contribution in [0.2, 0.25) is 5.02 Å². The van der Waals surface area contributed by atoms with Crippen molar-refractivity contribution in [1.29, 1.82) is 5.26 Å². The van der Waals surface area contributed by atoms with E-state index in [9.17, 15) is 8.42 Å². The van der Waals surface area contributed by atoms with Crippen molar-refractivity contribution in [2.75, 3.05) is 6.54 Å². The monoisotopic (exact) mass is 248 g/mol. The van der Waals surface area contributed by atoms with Crippen molar-refractivity contribution >= 4 is 21.6 Å². The number of nitriles is 1. The summed E-state index contributed by atoms with van der Waals surface area (Å²) in [6.45, 7) is 0.0559. The number of nitrogens with zero attached hydrogens (tertiary/aromatic N) is 3. The molecule has 0 atom stereocenters. The first-order valence-electron chi connectivity index (χ1n) is 4.03. The SMILES string of the molecule is Cn1ncc(Cl)c1S(=O)(=O)NCCC#N. The largest absolute Gasteiger partial charge is 0.259 e. The molecule has 8 heteroatoms. The lowest BCUT2D eigenvalue weighted by atomic mass is 10.5. The van der Waals surface area contributed by atoms with Crippen LogP contribution < -0.4 is 4.72 Å². The summed E-state index contributed by atoms with van der Waals surface area (Å²) in [5.41, 5.74) is 0. The predicted molar refractivity (Wildman–Crippen MR) is 53.6 cm³/mol. The molecule has 1 heterocycles. The summed E-state index contributed by atoms with van der Waals surface area (Å²) in [5.74, 6) is 0. The van der Waals surface area contributed by atoms with Crippen molar-refractivity contribution in [2.24, 2.45) is 7.05 Å². The first kappa shape index (κ1) is 12.0. The Morgan fingerprint density at radius 3 is 2.87 bits per heavy atom. The molecule has 0 saturated heterocycles. The van der Waals surface area contributed by atoms with E-state index >= 15 is 0 Å². The van der Waals surface area contributed by atoms with E-state index in [0.717, 1.165) is 4.68 Å². The Balaban J connectivity index is 2.93. The summed E-state index contributed by atoms with van der Waals surface area (Å²) in [4.78, 5) is 0. The van der Waals surface area contributed by atoms with E-state index < -0.39 is 10.0 Å². The molecule has 6 nitrogen and oxygen atoms in total. The number of sulfonamides is 1. The Kier molecular flexibility index (Phi) is 3.68. The van der Waals surface area contributed by atoms with Crippen molar-refractivity contribution in [1.82, 2.24) is 14.5 Å². The van der Waals surface area contributed by atoms with Crippen LogP contribution in [-0.2, 0) is 17.1 Å². The molecule has 0 unspecified atom stereocenters. The van der Waals surface area contributed by atoms with Crippen LogP contribution in [0.25, 0.3) is 0 Å². The van der Waals surface area contributed by atoms with E-state index in [1.165, 1.54) is 13.2 Å². The fourth-order valence-corrected chi connectivity index (χ4v) is 2.69. The van der Waals surface area contributed by atoms with Gasteiger partial charge in [-0.1, -0.05) is 11.6 Å². The molecule has 0 amide bonds. The van der Waals surface area contributed by atoms with Gasteiger partial charge in [0.1, 0.15) is 0 Å². The van der Waals surface area contributed by atoms with Gasteiger partial charge in [0.25, 0.3) is 10.0 Å². The van der Waals surface area contributed by atoms with Crippen LogP contribution in [-0.4, -0.2) is 24.7 Å². The third kappa shape index (κ3) is 2.68. The van der Waals surface area contributed by atoms with Gasteiger partial charge in [0.15, 0.2) is 5.03 Å². The standard InChI is InChI=1S/C7H9ClN4O2S/c1-12-7(6(8)5-10-12)15(13,14)11-4-2-3-9/h5,11H,2,4H2,1H3. The molecule has 1 N–H and O–H groups in total. The minimum Gasteiger partial charge on any atom is -0.255 e. The molecule has 1 aromatic rings. The maximum atomic E-state index is 11.6. The minimum absolute atomic E-state index is 0.0559. The molecule has 0 aromatic carbocycles. The van der Waals surface area contributed by atoms with E-state index in [0.29, 0.717) is 0 Å². The van der Waals surface area contributed by atoms with Crippen molar-refractivity contribution in [3.8, 4) is 6.07 Å². The van der Waals surface area contributed by atoms with Crippen molar-refractivity contribution in [3.63, 3.8) is 0 Å². The highest BCUT2D eigenvalue weighted by Gasteiger charge is 2.21.